The summed E-state index contributed by atoms with van der Waals surface area (Å²) < 4.78 is 11.6. The monoisotopic (exact) mass is 291 g/mol. The molecule has 0 unspecified atom stereocenters. The van der Waals surface area contributed by atoms with Crippen molar-refractivity contribution in [3.8, 4) is 5.75 Å². The Balaban J connectivity index is 1.99. The number of ether oxygens (including phenoxy) is 2. The van der Waals surface area contributed by atoms with Gasteiger partial charge in [-0.3, -0.25) is 0 Å². The topological polar surface area (TPSA) is 30.5 Å². The fourth-order valence-electron chi connectivity index (χ4n) is 2.79. The van der Waals surface area contributed by atoms with Gasteiger partial charge in [0.1, 0.15) is 11.9 Å². The van der Waals surface area contributed by atoms with Crippen LogP contribution in [-0.4, -0.2) is 25.9 Å². The largest absolute Gasteiger partial charge is 0.490 e. The van der Waals surface area contributed by atoms with Crippen LogP contribution in [0.1, 0.15) is 43.4 Å². The van der Waals surface area contributed by atoms with Crippen LogP contribution < -0.4 is 10.1 Å². The number of aryl methyl sites for hydroxylation is 2. The molecule has 1 N–H and O–H groups in total. The lowest BCUT2D eigenvalue weighted by atomic mass is 10.0. The fraction of sp³-hybridized carbons (Fsp3) is 0.667. The number of hydrogen-bond donors (Lipinski definition) is 1. The molecule has 0 aliphatic carbocycles. The van der Waals surface area contributed by atoms with E-state index in [1.165, 1.54) is 16.7 Å². The van der Waals surface area contributed by atoms with E-state index in [4.69, 9.17) is 9.47 Å². The van der Waals surface area contributed by atoms with Crippen LogP contribution in [0.2, 0.25) is 0 Å². The summed E-state index contributed by atoms with van der Waals surface area (Å²) >= 11 is 0. The minimum Gasteiger partial charge on any atom is -0.490 e. The minimum absolute atomic E-state index is 0.307. The van der Waals surface area contributed by atoms with Gasteiger partial charge >= 0.3 is 0 Å². The van der Waals surface area contributed by atoms with Crippen LogP contribution in [0, 0.1) is 19.8 Å². The summed E-state index contributed by atoms with van der Waals surface area (Å²) in [6.07, 6.45) is 2.30. The van der Waals surface area contributed by atoms with E-state index in [0.29, 0.717) is 12.0 Å². The SMILES string of the molecule is Cc1cc(CNCC(C)C)cc(C)c1OC1CCOCC1. The smallest absolute Gasteiger partial charge is 0.125 e. The van der Waals surface area contributed by atoms with Gasteiger partial charge in [0.15, 0.2) is 0 Å². The molecule has 0 amide bonds. The van der Waals surface area contributed by atoms with E-state index < -0.39 is 0 Å². The van der Waals surface area contributed by atoms with E-state index in [-0.39, 0.29) is 0 Å². The summed E-state index contributed by atoms with van der Waals surface area (Å²) in [6.45, 7) is 12.4. The molecule has 0 saturated carbocycles. The van der Waals surface area contributed by atoms with Gasteiger partial charge in [-0.05, 0) is 43.0 Å². The predicted molar refractivity (Wildman–Crippen MR) is 86.9 cm³/mol. The average Bonchev–Trinajstić information content (AvgIpc) is 2.44. The molecule has 0 radical (unpaired) electrons. The zero-order chi connectivity index (χ0) is 15.2. The molecule has 0 aromatic heterocycles. The van der Waals surface area contributed by atoms with Gasteiger partial charge in [-0.1, -0.05) is 26.0 Å². The molecule has 118 valence electrons. The van der Waals surface area contributed by atoms with E-state index in [0.717, 1.165) is 44.9 Å². The maximum absolute atomic E-state index is 6.21. The molecular formula is C18H29NO2. The highest BCUT2D eigenvalue weighted by atomic mass is 16.5. The fourth-order valence-corrected chi connectivity index (χ4v) is 2.79. The third kappa shape index (κ3) is 5.01. The number of hydrogen-bond acceptors (Lipinski definition) is 3. The standard InChI is InChI=1S/C18H29NO2/c1-13(2)11-19-12-16-9-14(3)18(15(4)10-16)21-17-5-7-20-8-6-17/h9-10,13,17,19H,5-8,11-12H2,1-4H3. The van der Waals surface area contributed by atoms with Crippen molar-refractivity contribution in [3.63, 3.8) is 0 Å². The first-order valence-electron chi connectivity index (χ1n) is 8.11. The molecule has 1 aliphatic rings. The summed E-state index contributed by atoms with van der Waals surface area (Å²) in [5.41, 5.74) is 3.82. The van der Waals surface area contributed by atoms with Crippen molar-refractivity contribution in [2.45, 2.75) is 53.2 Å². The zero-order valence-corrected chi connectivity index (χ0v) is 13.9. The quantitative estimate of drug-likeness (QED) is 0.868. The van der Waals surface area contributed by atoms with Crippen LogP contribution >= 0.6 is 0 Å². The van der Waals surface area contributed by atoms with Crippen molar-refractivity contribution in [1.82, 2.24) is 5.32 Å². The van der Waals surface area contributed by atoms with E-state index in [1.54, 1.807) is 0 Å². The third-order valence-corrected chi connectivity index (χ3v) is 3.85. The van der Waals surface area contributed by atoms with Crippen LogP contribution in [-0.2, 0) is 11.3 Å². The van der Waals surface area contributed by atoms with Crippen LogP contribution in [0.25, 0.3) is 0 Å². The van der Waals surface area contributed by atoms with Crippen molar-refractivity contribution >= 4 is 0 Å². The molecule has 1 fully saturated rings. The Bertz CT molecular complexity index is 428. The van der Waals surface area contributed by atoms with Crippen molar-refractivity contribution < 1.29 is 9.47 Å². The van der Waals surface area contributed by atoms with Crippen molar-refractivity contribution in [3.05, 3.63) is 28.8 Å². The molecule has 3 heteroatoms. The van der Waals surface area contributed by atoms with Gasteiger partial charge in [0.25, 0.3) is 0 Å². The molecule has 1 heterocycles. The highest BCUT2D eigenvalue weighted by molar-refractivity contribution is 5.43. The van der Waals surface area contributed by atoms with Crippen LogP contribution in [0.3, 0.4) is 0 Å². The second-order valence-corrected chi connectivity index (χ2v) is 6.51. The van der Waals surface area contributed by atoms with Crippen LogP contribution in [0.4, 0.5) is 0 Å². The molecular weight excluding hydrogens is 262 g/mol. The summed E-state index contributed by atoms with van der Waals surface area (Å²) in [4.78, 5) is 0. The molecule has 2 rings (SSSR count). The molecule has 0 spiro atoms. The number of nitrogens with one attached hydrogen (secondary N) is 1. The second-order valence-electron chi connectivity index (χ2n) is 6.51. The van der Waals surface area contributed by atoms with Crippen molar-refractivity contribution in [1.29, 1.82) is 0 Å². The lowest BCUT2D eigenvalue weighted by Gasteiger charge is -2.25. The van der Waals surface area contributed by atoms with Gasteiger partial charge in [0, 0.05) is 19.4 Å². The Morgan fingerprint density at radius 2 is 1.81 bits per heavy atom. The Kier molecular flexibility index (Phi) is 6.07. The summed E-state index contributed by atoms with van der Waals surface area (Å²) in [6, 6.07) is 4.49. The first-order valence-corrected chi connectivity index (χ1v) is 8.11. The molecule has 3 nitrogen and oxygen atoms in total. The van der Waals surface area contributed by atoms with Crippen molar-refractivity contribution in [2.24, 2.45) is 5.92 Å². The summed E-state index contributed by atoms with van der Waals surface area (Å²) in [5, 5.41) is 3.50. The number of rotatable bonds is 6. The van der Waals surface area contributed by atoms with E-state index in [9.17, 15) is 0 Å². The normalized spacial score (nSPS) is 16.4. The Morgan fingerprint density at radius 1 is 1.19 bits per heavy atom. The molecule has 0 bridgehead atoms. The lowest BCUT2D eigenvalue weighted by molar-refractivity contribution is 0.0250. The molecule has 21 heavy (non-hydrogen) atoms. The number of benzene rings is 1. The Morgan fingerprint density at radius 3 is 2.38 bits per heavy atom. The Hall–Kier alpha value is -1.06. The van der Waals surface area contributed by atoms with Crippen LogP contribution in [0.15, 0.2) is 12.1 Å². The zero-order valence-electron chi connectivity index (χ0n) is 13.9. The molecule has 1 saturated heterocycles. The lowest BCUT2D eigenvalue weighted by Crippen LogP contribution is -2.26. The average molecular weight is 291 g/mol. The molecule has 1 aromatic carbocycles. The van der Waals surface area contributed by atoms with E-state index >= 15 is 0 Å². The molecule has 1 aliphatic heterocycles. The second kappa shape index (κ2) is 7.81. The van der Waals surface area contributed by atoms with Gasteiger partial charge in [-0.25, -0.2) is 0 Å². The van der Waals surface area contributed by atoms with Crippen LogP contribution in [0.5, 0.6) is 5.75 Å². The van der Waals surface area contributed by atoms with E-state index in [1.807, 2.05) is 0 Å². The van der Waals surface area contributed by atoms with Gasteiger partial charge < -0.3 is 14.8 Å². The van der Waals surface area contributed by atoms with Gasteiger partial charge in [0.05, 0.1) is 13.2 Å². The summed E-state index contributed by atoms with van der Waals surface area (Å²) in [7, 11) is 0. The summed E-state index contributed by atoms with van der Waals surface area (Å²) in [5.74, 6) is 1.75. The van der Waals surface area contributed by atoms with Gasteiger partial charge in [-0.15, -0.1) is 0 Å². The highest BCUT2D eigenvalue weighted by Gasteiger charge is 2.17. The highest BCUT2D eigenvalue weighted by Crippen LogP contribution is 2.27. The Labute approximate surface area is 129 Å². The minimum atomic E-state index is 0.307. The molecule has 0 atom stereocenters. The molecule has 1 aromatic rings. The van der Waals surface area contributed by atoms with Gasteiger partial charge in [-0.2, -0.15) is 0 Å². The third-order valence-electron chi connectivity index (χ3n) is 3.85. The first kappa shape index (κ1) is 16.3. The van der Waals surface area contributed by atoms with Gasteiger partial charge in [0.2, 0.25) is 0 Å². The maximum Gasteiger partial charge on any atom is 0.125 e. The van der Waals surface area contributed by atoms with E-state index in [2.05, 4.69) is 45.1 Å². The first-order chi connectivity index (χ1) is 10.1. The van der Waals surface area contributed by atoms with Crippen molar-refractivity contribution in [2.75, 3.05) is 19.8 Å². The predicted octanol–water partition coefficient (Wildman–Crippen LogP) is 3.61. The maximum atomic E-state index is 6.21.